The van der Waals surface area contributed by atoms with Crippen molar-refractivity contribution < 1.29 is 14.3 Å². The summed E-state index contributed by atoms with van der Waals surface area (Å²) in [6, 6.07) is 47.5. The summed E-state index contributed by atoms with van der Waals surface area (Å²) in [6.45, 7) is 0. The number of methoxy groups -OCH3 is 1. The molecule has 5 aromatic rings. The van der Waals surface area contributed by atoms with Gasteiger partial charge in [0.2, 0.25) is 5.91 Å². The molecular formula is C37H33NO3. The Morgan fingerprint density at radius 2 is 1.02 bits per heavy atom. The molecule has 0 saturated carbocycles. The molecule has 204 valence electrons. The van der Waals surface area contributed by atoms with Gasteiger partial charge < -0.3 is 10.1 Å². The molecule has 5 rings (SSSR count). The molecule has 0 aliphatic carbocycles. The lowest BCUT2D eigenvalue weighted by Crippen LogP contribution is -2.46. The highest BCUT2D eigenvalue weighted by Gasteiger charge is 2.39. The van der Waals surface area contributed by atoms with E-state index in [-0.39, 0.29) is 12.3 Å². The number of nitrogens with one attached hydrogen (secondary N) is 1. The molecule has 1 N–H and O–H groups in total. The van der Waals surface area contributed by atoms with Crippen molar-refractivity contribution >= 4 is 11.9 Å². The van der Waals surface area contributed by atoms with E-state index in [0.717, 1.165) is 33.4 Å². The SMILES string of the molecule is COC(=O)[C@H](Cc1ccc(-c2ccccc2)cc1)NC(=O)CC(c1ccccc1)(c1ccccc1)c1ccccc1. The second kappa shape index (κ2) is 12.9. The van der Waals surface area contributed by atoms with Crippen molar-refractivity contribution in [3.05, 3.63) is 168 Å². The number of amides is 1. The maximum Gasteiger partial charge on any atom is 0.328 e. The van der Waals surface area contributed by atoms with Gasteiger partial charge in [-0.25, -0.2) is 4.79 Å². The average Bonchev–Trinajstić information content (AvgIpc) is 3.05. The molecular weight excluding hydrogens is 506 g/mol. The lowest BCUT2D eigenvalue weighted by molar-refractivity contribution is -0.145. The molecule has 41 heavy (non-hydrogen) atoms. The van der Waals surface area contributed by atoms with Crippen molar-refractivity contribution in [3.63, 3.8) is 0 Å². The number of rotatable bonds is 10. The van der Waals surface area contributed by atoms with E-state index < -0.39 is 17.4 Å². The Morgan fingerprint density at radius 1 is 0.610 bits per heavy atom. The fourth-order valence-electron chi connectivity index (χ4n) is 5.50. The second-order valence-corrected chi connectivity index (χ2v) is 10.1. The van der Waals surface area contributed by atoms with Crippen LogP contribution in [0.1, 0.15) is 28.7 Å². The van der Waals surface area contributed by atoms with Gasteiger partial charge >= 0.3 is 5.97 Å². The van der Waals surface area contributed by atoms with Crippen LogP contribution >= 0.6 is 0 Å². The first kappa shape index (κ1) is 27.6. The van der Waals surface area contributed by atoms with Gasteiger partial charge in [0.15, 0.2) is 0 Å². The van der Waals surface area contributed by atoms with Crippen molar-refractivity contribution in [1.29, 1.82) is 0 Å². The van der Waals surface area contributed by atoms with Gasteiger partial charge in [0.05, 0.1) is 12.5 Å². The Labute approximate surface area is 241 Å². The first-order valence-electron chi connectivity index (χ1n) is 13.8. The quantitative estimate of drug-likeness (QED) is 0.154. The first-order chi connectivity index (χ1) is 20.1. The molecule has 0 saturated heterocycles. The van der Waals surface area contributed by atoms with Crippen molar-refractivity contribution in [2.75, 3.05) is 7.11 Å². The van der Waals surface area contributed by atoms with E-state index in [9.17, 15) is 9.59 Å². The molecule has 0 bridgehead atoms. The Kier molecular flexibility index (Phi) is 8.70. The van der Waals surface area contributed by atoms with E-state index in [0.29, 0.717) is 6.42 Å². The van der Waals surface area contributed by atoms with Crippen LogP contribution in [-0.4, -0.2) is 25.0 Å². The monoisotopic (exact) mass is 539 g/mol. The summed E-state index contributed by atoms with van der Waals surface area (Å²) < 4.78 is 5.11. The molecule has 1 amide bonds. The van der Waals surface area contributed by atoms with Crippen molar-refractivity contribution in [1.82, 2.24) is 5.32 Å². The van der Waals surface area contributed by atoms with E-state index >= 15 is 0 Å². The van der Waals surface area contributed by atoms with Crippen LogP contribution in [0.5, 0.6) is 0 Å². The zero-order valence-electron chi connectivity index (χ0n) is 23.1. The van der Waals surface area contributed by atoms with E-state index in [1.807, 2.05) is 97.1 Å². The van der Waals surface area contributed by atoms with Crippen molar-refractivity contribution in [3.8, 4) is 11.1 Å². The molecule has 0 aliphatic rings. The van der Waals surface area contributed by atoms with Crippen LogP contribution in [0, 0.1) is 0 Å². The van der Waals surface area contributed by atoms with Crippen LogP contribution in [0.25, 0.3) is 11.1 Å². The van der Waals surface area contributed by atoms with Crippen LogP contribution in [0.3, 0.4) is 0 Å². The van der Waals surface area contributed by atoms with Gasteiger partial charge in [-0.2, -0.15) is 0 Å². The molecule has 0 unspecified atom stereocenters. The molecule has 0 aromatic heterocycles. The minimum Gasteiger partial charge on any atom is -0.467 e. The fraction of sp³-hybridized carbons (Fsp3) is 0.135. The third-order valence-corrected chi connectivity index (χ3v) is 7.55. The van der Waals surface area contributed by atoms with Gasteiger partial charge in [0, 0.05) is 12.8 Å². The lowest BCUT2D eigenvalue weighted by Gasteiger charge is -2.36. The Hall–Kier alpha value is -4.96. The van der Waals surface area contributed by atoms with Crippen LogP contribution < -0.4 is 5.32 Å². The largest absolute Gasteiger partial charge is 0.467 e. The van der Waals surface area contributed by atoms with Crippen LogP contribution in [0.2, 0.25) is 0 Å². The van der Waals surface area contributed by atoms with E-state index in [2.05, 4.69) is 53.8 Å². The molecule has 5 aromatic carbocycles. The second-order valence-electron chi connectivity index (χ2n) is 10.1. The maximum atomic E-state index is 13.9. The number of ether oxygens (including phenoxy) is 1. The molecule has 0 spiro atoms. The summed E-state index contributed by atoms with van der Waals surface area (Å²) in [5.41, 5.74) is 5.38. The number of carbonyl (C=O) groups excluding carboxylic acids is 2. The van der Waals surface area contributed by atoms with E-state index in [4.69, 9.17) is 4.74 Å². The Balaban J connectivity index is 1.45. The molecule has 0 radical (unpaired) electrons. The predicted octanol–water partition coefficient (Wildman–Crippen LogP) is 6.98. The minimum atomic E-state index is -0.824. The highest BCUT2D eigenvalue weighted by molar-refractivity contribution is 5.86. The van der Waals surface area contributed by atoms with Crippen LogP contribution in [0.4, 0.5) is 0 Å². The molecule has 4 nitrogen and oxygen atoms in total. The van der Waals surface area contributed by atoms with Crippen molar-refractivity contribution in [2.45, 2.75) is 24.3 Å². The Morgan fingerprint density at radius 3 is 1.46 bits per heavy atom. The molecule has 1 atom stereocenters. The topological polar surface area (TPSA) is 55.4 Å². The smallest absolute Gasteiger partial charge is 0.328 e. The lowest BCUT2D eigenvalue weighted by atomic mass is 9.67. The molecule has 0 fully saturated rings. The summed E-state index contributed by atoms with van der Waals surface area (Å²) >= 11 is 0. The fourth-order valence-corrected chi connectivity index (χ4v) is 5.50. The van der Waals surface area contributed by atoms with Gasteiger partial charge in [-0.15, -0.1) is 0 Å². The summed E-state index contributed by atoms with van der Waals surface area (Å²) in [6.07, 6.45) is 0.438. The number of esters is 1. The zero-order valence-corrected chi connectivity index (χ0v) is 23.1. The molecule has 4 heteroatoms. The van der Waals surface area contributed by atoms with Gasteiger partial charge in [0.1, 0.15) is 6.04 Å². The standard InChI is InChI=1S/C37H33NO3/c1-41-36(40)34(26-28-22-24-30(25-23-28)29-14-6-2-7-15-29)38-35(39)27-37(31-16-8-3-9-17-31,32-18-10-4-11-19-32)33-20-12-5-13-21-33/h2-25,34H,26-27H2,1H3,(H,38,39)/t34-/m0/s1. The number of hydrogen-bond acceptors (Lipinski definition) is 3. The van der Waals surface area contributed by atoms with Gasteiger partial charge in [-0.3, -0.25) is 4.79 Å². The zero-order chi connectivity index (χ0) is 28.5. The van der Waals surface area contributed by atoms with E-state index in [1.54, 1.807) is 0 Å². The summed E-state index contributed by atoms with van der Waals surface area (Å²) in [4.78, 5) is 26.8. The minimum absolute atomic E-state index is 0.117. The highest BCUT2D eigenvalue weighted by Crippen LogP contribution is 2.42. The average molecular weight is 540 g/mol. The van der Waals surface area contributed by atoms with Crippen LogP contribution in [-0.2, 0) is 26.2 Å². The van der Waals surface area contributed by atoms with Gasteiger partial charge in [-0.1, -0.05) is 146 Å². The highest BCUT2D eigenvalue weighted by atomic mass is 16.5. The molecule has 0 heterocycles. The first-order valence-corrected chi connectivity index (χ1v) is 13.8. The Bertz CT molecular complexity index is 1450. The maximum absolute atomic E-state index is 13.9. The number of benzene rings is 5. The molecule has 0 aliphatic heterocycles. The van der Waals surface area contributed by atoms with Gasteiger partial charge in [-0.05, 0) is 33.4 Å². The van der Waals surface area contributed by atoms with E-state index in [1.165, 1.54) is 7.11 Å². The number of carbonyl (C=O) groups is 2. The summed E-state index contributed by atoms with van der Waals surface area (Å²) in [5, 5.41) is 3.01. The normalized spacial score (nSPS) is 11.8. The van der Waals surface area contributed by atoms with Crippen molar-refractivity contribution in [2.24, 2.45) is 0 Å². The third-order valence-electron chi connectivity index (χ3n) is 7.55. The van der Waals surface area contributed by atoms with Gasteiger partial charge in [0.25, 0.3) is 0 Å². The van der Waals surface area contributed by atoms with Crippen LogP contribution in [0.15, 0.2) is 146 Å². The predicted molar refractivity (Wildman–Crippen MR) is 163 cm³/mol. The number of hydrogen-bond donors (Lipinski definition) is 1. The summed E-state index contributed by atoms with van der Waals surface area (Å²) in [5.74, 6) is -0.715. The third kappa shape index (κ3) is 6.28. The summed E-state index contributed by atoms with van der Waals surface area (Å²) in [7, 11) is 1.35.